The van der Waals surface area contributed by atoms with E-state index in [-0.39, 0.29) is 6.04 Å². The van der Waals surface area contributed by atoms with Gasteiger partial charge in [0.15, 0.2) is 0 Å². The van der Waals surface area contributed by atoms with E-state index in [0.29, 0.717) is 0 Å². The predicted molar refractivity (Wildman–Crippen MR) is 48.6 cm³/mol. The van der Waals surface area contributed by atoms with E-state index in [1.165, 1.54) is 12.8 Å². The molecule has 11 heavy (non-hydrogen) atoms. The summed E-state index contributed by atoms with van der Waals surface area (Å²) in [5.41, 5.74) is 5.87. The van der Waals surface area contributed by atoms with Crippen LogP contribution in [-0.4, -0.2) is 4.98 Å². The lowest BCUT2D eigenvalue weighted by atomic mass is 10.1. The summed E-state index contributed by atoms with van der Waals surface area (Å²) in [7, 11) is 0. The first-order chi connectivity index (χ1) is 5.34. The molecule has 62 valence electrons. The zero-order valence-corrected chi connectivity index (χ0v) is 7.60. The molecule has 0 saturated carbocycles. The van der Waals surface area contributed by atoms with E-state index in [2.05, 4.69) is 11.9 Å². The number of hydrogen-bond donors (Lipinski definition) is 1. The minimum absolute atomic E-state index is 0.162. The molecule has 0 saturated heterocycles. The van der Waals surface area contributed by atoms with Gasteiger partial charge in [-0.1, -0.05) is 19.8 Å². The van der Waals surface area contributed by atoms with Crippen molar-refractivity contribution >= 4 is 11.3 Å². The summed E-state index contributed by atoms with van der Waals surface area (Å²) in [6.45, 7) is 2.18. The molecule has 1 rings (SSSR count). The zero-order chi connectivity index (χ0) is 8.10. The molecule has 1 aromatic rings. The summed E-state index contributed by atoms with van der Waals surface area (Å²) in [5, 5.41) is 3.04. The molecule has 0 fully saturated rings. The normalized spacial score (nSPS) is 13.3. The van der Waals surface area contributed by atoms with Gasteiger partial charge in [-0.05, 0) is 6.42 Å². The van der Waals surface area contributed by atoms with Gasteiger partial charge in [0.05, 0.1) is 6.04 Å². The van der Waals surface area contributed by atoms with Gasteiger partial charge in [0.2, 0.25) is 0 Å². The van der Waals surface area contributed by atoms with E-state index in [1.54, 1.807) is 11.3 Å². The molecule has 2 N–H and O–H groups in total. The van der Waals surface area contributed by atoms with E-state index < -0.39 is 0 Å². The van der Waals surface area contributed by atoms with Crippen LogP contribution in [0.5, 0.6) is 0 Å². The van der Waals surface area contributed by atoms with Gasteiger partial charge in [0.1, 0.15) is 5.01 Å². The van der Waals surface area contributed by atoms with Crippen molar-refractivity contribution in [3.63, 3.8) is 0 Å². The van der Waals surface area contributed by atoms with E-state index >= 15 is 0 Å². The maximum Gasteiger partial charge on any atom is 0.109 e. The molecule has 0 radical (unpaired) electrons. The molecule has 0 amide bonds. The number of nitrogens with zero attached hydrogens (tertiary/aromatic N) is 1. The average molecular weight is 170 g/mol. The Labute approximate surface area is 71.5 Å². The van der Waals surface area contributed by atoms with E-state index in [1.807, 2.05) is 11.6 Å². The first kappa shape index (κ1) is 8.68. The highest BCUT2D eigenvalue weighted by Crippen LogP contribution is 2.18. The molecule has 0 spiro atoms. The molecular formula is C8H14N2S. The standard InChI is InChI=1S/C8H14N2S/c1-2-3-4-7(9)8-10-5-6-11-8/h5-7H,2-4,9H2,1H3. The third-order valence-corrected chi connectivity index (χ3v) is 2.54. The lowest BCUT2D eigenvalue weighted by Crippen LogP contribution is -2.09. The molecule has 1 heterocycles. The highest BCUT2D eigenvalue weighted by molar-refractivity contribution is 7.09. The molecular weight excluding hydrogens is 156 g/mol. The van der Waals surface area contributed by atoms with Gasteiger partial charge in [0.25, 0.3) is 0 Å². The Morgan fingerprint density at radius 1 is 1.73 bits per heavy atom. The fraction of sp³-hybridized carbons (Fsp3) is 0.625. The quantitative estimate of drug-likeness (QED) is 0.753. The predicted octanol–water partition coefficient (Wildman–Crippen LogP) is 2.33. The van der Waals surface area contributed by atoms with Crippen molar-refractivity contribution < 1.29 is 0 Å². The highest BCUT2D eigenvalue weighted by Gasteiger charge is 2.06. The Bertz CT molecular complexity index is 184. The summed E-state index contributed by atoms with van der Waals surface area (Å²) in [5.74, 6) is 0. The molecule has 0 aliphatic carbocycles. The van der Waals surface area contributed by atoms with Crippen LogP contribution in [0.15, 0.2) is 11.6 Å². The van der Waals surface area contributed by atoms with Gasteiger partial charge >= 0.3 is 0 Å². The van der Waals surface area contributed by atoms with Crippen molar-refractivity contribution in [1.29, 1.82) is 0 Å². The summed E-state index contributed by atoms with van der Waals surface area (Å²) in [6.07, 6.45) is 5.27. The Morgan fingerprint density at radius 2 is 2.55 bits per heavy atom. The second-order valence-corrected chi connectivity index (χ2v) is 3.55. The molecule has 1 aromatic heterocycles. The summed E-state index contributed by atoms with van der Waals surface area (Å²) in [4.78, 5) is 4.16. The average Bonchev–Trinajstić information content (AvgIpc) is 2.52. The summed E-state index contributed by atoms with van der Waals surface area (Å²) in [6, 6.07) is 0.162. The van der Waals surface area contributed by atoms with Crippen molar-refractivity contribution in [2.24, 2.45) is 5.73 Å². The smallest absolute Gasteiger partial charge is 0.109 e. The van der Waals surface area contributed by atoms with Crippen LogP contribution in [0.25, 0.3) is 0 Å². The Morgan fingerprint density at radius 3 is 3.09 bits per heavy atom. The van der Waals surface area contributed by atoms with Crippen molar-refractivity contribution in [1.82, 2.24) is 4.98 Å². The van der Waals surface area contributed by atoms with Gasteiger partial charge in [0, 0.05) is 11.6 Å². The molecule has 1 unspecified atom stereocenters. The third kappa shape index (κ3) is 2.60. The number of hydrogen-bond acceptors (Lipinski definition) is 3. The van der Waals surface area contributed by atoms with Crippen LogP contribution in [0.1, 0.15) is 37.2 Å². The Hall–Kier alpha value is -0.410. The second kappa shape index (κ2) is 4.46. The summed E-state index contributed by atoms with van der Waals surface area (Å²) < 4.78 is 0. The number of nitrogens with two attached hydrogens (primary N) is 1. The maximum atomic E-state index is 5.87. The van der Waals surface area contributed by atoms with Gasteiger partial charge in [-0.2, -0.15) is 0 Å². The second-order valence-electron chi connectivity index (χ2n) is 2.62. The molecule has 0 aliphatic heterocycles. The van der Waals surface area contributed by atoms with Gasteiger partial charge in [-0.15, -0.1) is 11.3 Å². The number of rotatable bonds is 4. The van der Waals surface area contributed by atoms with E-state index in [0.717, 1.165) is 11.4 Å². The van der Waals surface area contributed by atoms with Crippen LogP contribution in [-0.2, 0) is 0 Å². The first-order valence-electron chi connectivity index (χ1n) is 3.99. The molecule has 0 bridgehead atoms. The van der Waals surface area contributed by atoms with Gasteiger partial charge < -0.3 is 5.73 Å². The minimum atomic E-state index is 0.162. The SMILES string of the molecule is CCCCC(N)c1nccs1. The largest absolute Gasteiger partial charge is 0.322 e. The molecule has 2 nitrogen and oxygen atoms in total. The number of unbranched alkanes of at least 4 members (excludes halogenated alkanes) is 1. The first-order valence-corrected chi connectivity index (χ1v) is 4.87. The maximum absolute atomic E-state index is 5.87. The minimum Gasteiger partial charge on any atom is -0.322 e. The highest BCUT2D eigenvalue weighted by atomic mass is 32.1. The summed E-state index contributed by atoms with van der Waals surface area (Å²) >= 11 is 1.65. The number of aromatic nitrogens is 1. The topological polar surface area (TPSA) is 38.9 Å². The zero-order valence-electron chi connectivity index (χ0n) is 6.79. The Kier molecular flexibility index (Phi) is 3.52. The molecule has 3 heteroatoms. The van der Waals surface area contributed by atoms with E-state index in [4.69, 9.17) is 5.73 Å². The molecule has 0 aliphatic rings. The Balaban J connectivity index is 2.36. The fourth-order valence-corrected chi connectivity index (χ4v) is 1.64. The lowest BCUT2D eigenvalue weighted by molar-refractivity contribution is 0.600. The van der Waals surface area contributed by atoms with Gasteiger partial charge in [-0.25, -0.2) is 4.98 Å². The van der Waals surface area contributed by atoms with Crippen LogP contribution in [0.3, 0.4) is 0 Å². The van der Waals surface area contributed by atoms with Crippen LogP contribution in [0.4, 0.5) is 0 Å². The van der Waals surface area contributed by atoms with Crippen molar-refractivity contribution in [3.8, 4) is 0 Å². The lowest BCUT2D eigenvalue weighted by Gasteiger charge is -2.05. The fourth-order valence-electron chi connectivity index (χ4n) is 0.965. The van der Waals surface area contributed by atoms with Crippen LogP contribution < -0.4 is 5.73 Å². The van der Waals surface area contributed by atoms with Crippen molar-refractivity contribution in [2.45, 2.75) is 32.2 Å². The monoisotopic (exact) mass is 170 g/mol. The van der Waals surface area contributed by atoms with E-state index in [9.17, 15) is 0 Å². The van der Waals surface area contributed by atoms with Crippen LogP contribution in [0.2, 0.25) is 0 Å². The van der Waals surface area contributed by atoms with Crippen LogP contribution >= 0.6 is 11.3 Å². The molecule has 0 aromatic carbocycles. The number of thiazole rings is 1. The van der Waals surface area contributed by atoms with Crippen LogP contribution in [0, 0.1) is 0 Å². The van der Waals surface area contributed by atoms with Crippen molar-refractivity contribution in [3.05, 3.63) is 16.6 Å². The molecule has 1 atom stereocenters. The van der Waals surface area contributed by atoms with Crippen molar-refractivity contribution in [2.75, 3.05) is 0 Å². The third-order valence-electron chi connectivity index (χ3n) is 1.64. The van der Waals surface area contributed by atoms with Gasteiger partial charge in [-0.3, -0.25) is 0 Å².